The second kappa shape index (κ2) is 6.93. The summed E-state index contributed by atoms with van der Waals surface area (Å²) in [5, 5.41) is 0. The Morgan fingerprint density at radius 2 is 1.88 bits per heavy atom. The van der Waals surface area contributed by atoms with E-state index in [1.807, 2.05) is 37.6 Å². The zero-order chi connectivity index (χ0) is 17.1. The lowest BCUT2D eigenvalue weighted by atomic mass is 9.96. The van der Waals surface area contributed by atoms with Crippen LogP contribution in [-0.4, -0.2) is 40.1 Å². The summed E-state index contributed by atoms with van der Waals surface area (Å²) in [7, 11) is 2.03. The van der Waals surface area contributed by atoms with E-state index in [-0.39, 0.29) is 0 Å². The average molecular weight is 334 g/mol. The molecule has 1 aromatic carbocycles. The third kappa shape index (κ3) is 3.33. The lowest BCUT2D eigenvalue weighted by Crippen LogP contribution is -2.34. The number of piperidine rings is 1. The van der Waals surface area contributed by atoms with Gasteiger partial charge >= 0.3 is 0 Å². The highest BCUT2D eigenvalue weighted by atomic mass is 15.2. The van der Waals surface area contributed by atoms with E-state index in [0.29, 0.717) is 5.92 Å². The third-order valence-electron chi connectivity index (χ3n) is 4.85. The van der Waals surface area contributed by atoms with Gasteiger partial charge in [0.15, 0.2) is 0 Å². The Bertz CT molecular complexity index is 794. The Kier molecular flexibility index (Phi) is 4.33. The average Bonchev–Trinajstić information content (AvgIpc) is 3.23. The number of hydrogen-bond acceptors (Lipinski definition) is 5. The number of hydrogen-bond donors (Lipinski definition) is 1. The summed E-state index contributed by atoms with van der Waals surface area (Å²) in [6.45, 7) is 1.97. The molecule has 1 N–H and O–H groups in total. The molecule has 3 aromatic rings. The predicted molar refractivity (Wildman–Crippen MR) is 99.3 cm³/mol. The van der Waals surface area contributed by atoms with Crippen molar-refractivity contribution in [3.63, 3.8) is 0 Å². The molecule has 128 valence electrons. The zero-order valence-corrected chi connectivity index (χ0v) is 14.3. The summed E-state index contributed by atoms with van der Waals surface area (Å²) in [5.74, 6) is 3.52. The van der Waals surface area contributed by atoms with Crippen LogP contribution in [0.2, 0.25) is 0 Å². The minimum Gasteiger partial charge on any atom is -0.356 e. The number of aromatic amines is 1. The van der Waals surface area contributed by atoms with Crippen LogP contribution in [0.5, 0.6) is 0 Å². The van der Waals surface area contributed by atoms with Crippen molar-refractivity contribution in [1.29, 1.82) is 0 Å². The van der Waals surface area contributed by atoms with Crippen LogP contribution in [0, 0.1) is 0 Å². The fraction of sp³-hybridized carbons (Fsp3) is 0.316. The molecular weight excluding hydrogens is 312 g/mol. The molecule has 1 aliphatic rings. The molecule has 0 radical (unpaired) electrons. The molecule has 6 heteroatoms. The third-order valence-corrected chi connectivity index (χ3v) is 4.85. The van der Waals surface area contributed by atoms with Crippen molar-refractivity contribution in [2.75, 3.05) is 29.9 Å². The van der Waals surface area contributed by atoms with Gasteiger partial charge in [0, 0.05) is 50.2 Å². The molecule has 3 heterocycles. The van der Waals surface area contributed by atoms with E-state index in [2.05, 4.69) is 47.9 Å². The van der Waals surface area contributed by atoms with Crippen molar-refractivity contribution in [2.24, 2.45) is 0 Å². The second-order valence-electron chi connectivity index (χ2n) is 6.36. The van der Waals surface area contributed by atoms with E-state index in [4.69, 9.17) is 0 Å². The minimum absolute atomic E-state index is 0.513. The van der Waals surface area contributed by atoms with Gasteiger partial charge in [-0.2, -0.15) is 0 Å². The molecular formula is C19H22N6. The molecule has 1 fully saturated rings. The van der Waals surface area contributed by atoms with Gasteiger partial charge in [-0.1, -0.05) is 18.2 Å². The number of anilines is 3. The molecule has 4 rings (SSSR count). The summed E-state index contributed by atoms with van der Waals surface area (Å²) >= 11 is 0. The van der Waals surface area contributed by atoms with Crippen LogP contribution in [0.15, 0.2) is 55.1 Å². The molecule has 0 saturated carbocycles. The number of rotatable bonds is 4. The summed E-state index contributed by atoms with van der Waals surface area (Å²) in [6, 6.07) is 12.3. The number of imidazole rings is 1. The maximum absolute atomic E-state index is 4.49. The van der Waals surface area contributed by atoms with Crippen LogP contribution in [0.3, 0.4) is 0 Å². The first-order valence-electron chi connectivity index (χ1n) is 8.66. The van der Waals surface area contributed by atoms with Gasteiger partial charge in [-0.05, 0) is 25.0 Å². The number of nitrogens with one attached hydrogen (secondary N) is 1. The van der Waals surface area contributed by atoms with Gasteiger partial charge in [-0.25, -0.2) is 15.0 Å². The molecule has 2 aromatic heterocycles. The van der Waals surface area contributed by atoms with Crippen molar-refractivity contribution in [3.05, 3.63) is 60.9 Å². The Hall–Kier alpha value is -2.89. The first kappa shape index (κ1) is 15.6. The summed E-state index contributed by atoms with van der Waals surface area (Å²) < 4.78 is 0. The van der Waals surface area contributed by atoms with Crippen molar-refractivity contribution in [1.82, 2.24) is 19.9 Å². The van der Waals surface area contributed by atoms with Gasteiger partial charge in [0.05, 0.1) is 0 Å². The number of benzene rings is 1. The van der Waals surface area contributed by atoms with E-state index in [1.54, 1.807) is 6.33 Å². The van der Waals surface area contributed by atoms with Crippen LogP contribution >= 0.6 is 0 Å². The van der Waals surface area contributed by atoms with Gasteiger partial charge in [-0.15, -0.1) is 0 Å². The number of para-hydroxylation sites is 1. The van der Waals surface area contributed by atoms with Crippen LogP contribution in [0.25, 0.3) is 0 Å². The highest BCUT2D eigenvalue weighted by molar-refractivity contribution is 5.61. The summed E-state index contributed by atoms with van der Waals surface area (Å²) in [5.41, 5.74) is 1.11. The fourth-order valence-electron chi connectivity index (χ4n) is 3.36. The smallest absolute Gasteiger partial charge is 0.138 e. The largest absolute Gasteiger partial charge is 0.356 e. The van der Waals surface area contributed by atoms with Crippen LogP contribution in [-0.2, 0) is 0 Å². The normalized spacial score (nSPS) is 15.3. The van der Waals surface area contributed by atoms with Gasteiger partial charge in [0.2, 0.25) is 0 Å². The highest BCUT2D eigenvalue weighted by Crippen LogP contribution is 2.29. The Morgan fingerprint density at radius 1 is 1.08 bits per heavy atom. The molecule has 6 nitrogen and oxygen atoms in total. The van der Waals surface area contributed by atoms with Crippen LogP contribution < -0.4 is 9.80 Å². The van der Waals surface area contributed by atoms with Gasteiger partial charge in [0.25, 0.3) is 0 Å². The maximum Gasteiger partial charge on any atom is 0.138 e. The molecule has 0 amide bonds. The molecule has 0 aliphatic carbocycles. The Balaban J connectivity index is 1.47. The monoisotopic (exact) mass is 334 g/mol. The fourth-order valence-corrected chi connectivity index (χ4v) is 3.36. The van der Waals surface area contributed by atoms with E-state index in [0.717, 1.165) is 49.1 Å². The topological polar surface area (TPSA) is 60.9 Å². The second-order valence-corrected chi connectivity index (χ2v) is 6.36. The van der Waals surface area contributed by atoms with Crippen LogP contribution in [0.1, 0.15) is 24.6 Å². The lowest BCUT2D eigenvalue weighted by Gasteiger charge is -2.32. The first-order chi connectivity index (χ1) is 12.3. The molecule has 0 unspecified atom stereocenters. The van der Waals surface area contributed by atoms with Crippen LogP contribution in [0.4, 0.5) is 17.3 Å². The predicted octanol–water partition coefficient (Wildman–Crippen LogP) is 3.35. The van der Waals surface area contributed by atoms with Gasteiger partial charge in [-0.3, -0.25) is 0 Å². The molecule has 1 saturated heterocycles. The van der Waals surface area contributed by atoms with Gasteiger partial charge in [0.1, 0.15) is 23.8 Å². The van der Waals surface area contributed by atoms with E-state index in [9.17, 15) is 0 Å². The summed E-state index contributed by atoms with van der Waals surface area (Å²) in [4.78, 5) is 21.0. The molecule has 0 bridgehead atoms. The van der Waals surface area contributed by atoms with E-state index < -0.39 is 0 Å². The van der Waals surface area contributed by atoms with Gasteiger partial charge < -0.3 is 14.8 Å². The molecule has 1 aliphatic heterocycles. The number of H-pyrrole nitrogens is 1. The SMILES string of the molecule is CN(c1ccccc1)c1cc(N2CCC(c3ncc[nH]3)CC2)ncn1. The van der Waals surface area contributed by atoms with E-state index in [1.165, 1.54) is 0 Å². The van der Waals surface area contributed by atoms with Crippen molar-refractivity contribution < 1.29 is 0 Å². The Labute approximate surface area is 147 Å². The lowest BCUT2D eigenvalue weighted by molar-refractivity contribution is 0.486. The summed E-state index contributed by atoms with van der Waals surface area (Å²) in [6.07, 6.45) is 7.56. The number of nitrogens with zero attached hydrogens (tertiary/aromatic N) is 5. The Morgan fingerprint density at radius 3 is 2.60 bits per heavy atom. The van der Waals surface area contributed by atoms with Crippen molar-refractivity contribution in [3.8, 4) is 0 Å². The molecule has 0 spiro atoms. The zero-order valence-electron chi connectivity index (χ0n) is 14.3. The maximum atomic E-state index is 4.49. The minimum atomic E-state index is 0.513. The van der Waals surface area contributed by atoms with E-state index >= 15 is 0 Å². The van der Waals surface area contributed by atoms with Crippen molar-refractivity contribution >= 4 is 17.3 Å². The quantitative estimate of drug-likeness (QED) is 0.793. The standard InChI is InChI=1S/C19H22N6/c1-24(16-5-3-2-4-6-16)17-13-18(23-14-22-17)25-11-7-15(8-12-25)19-20-9-10-21-19/h2-6,9-10,13-15H,7-8,11-12H2,1H3,(H,20,21). The highest BCUT2D eigenvalue weighted by Gasteiger charge is 2.23. The molecule has 0 atom stereocenters. The number of aromatic nitrogens is 4. The molecule has 25 heavy (non-hydrogen) atoms. The first-order valence-corrected chi connectivity index (χ1v) is 8.66. The van der Waals surface area contributed by atoms with Crippen molar-refractivity contribution in [2.45, 2.75) is 18.8 Å².